The van der Waals surface area contributed by atoms with Gasteiger partial charge in [0.15, 0.2) is 0 Å². The maximum Gasteiger partial charge on any atom is 0.0762 e. The number of nitrogens with zero attached hydrogens (tertiary/aromatic N) is 1. The smallest absolute Gasteiger partial charge is 0.0762 e. The lowest BCUT2D eigenvalue weighted by Gasteiger charge is -2.43. The summed E-state index contributed by atoms with van der Waals surface area (Å²) in [5, 5.41) is 10.3. The number of nitrogens with one attached hydrogen (secondary N) is 3. The molecule has 2 aliphatic heterocycles. The molecule has 0 amide bonds. The minimum Gasteiger partial charge on any atom is -0.298 e. The van der Waals surface area contributed by atoms with Crippen molar-refractivity contribution in [3.8, 4) is 0 Å². The van der Waals surface area contributed by atoms with E-state index in [1.807, 2.05) is 0 Å². The molecule has 2 rings (SSSR count). The highest BCUT2D eigenvalue weighted by Crippen LogP contribution is 2.17. The number of fused-ring (bicyclic) bond motifs is 1. The summed E-state index contributed by atoms with van der Waals surface area (Å²) in [4.78, 5) is 2.47. The molecule has 0 saturated carbocycles. The summed E-state index contributed by atoms with van der Waals surface area (Å²) in [7, 11) is 0. The molecule has 0 spiro atoms. The summed E-state index contributed by atoms with van der Waals surface area (Å²) in [5.74, 6) is 0. The van der Waals surface area contributed by atoms with Crippen molar-refractivity contribution in [1.82, 2.24) is 20.9 Å². The Bertz CT molecular complexity index is 187. The minimum atomic E-state index is 0.266. The van der Waals surface area contributed by atoms with E-state index < -0.39 is 0 Å². The van der Waals surface area contributed by atoms with Crippen molar-refractivity contribution in [2.75, 3.05) is 19.9 Å². The molecule has 0 radical (unpaired) electrons. The van der Waals surface area contributed by atoms with E-state index in [-0.39, 0.29) is 5.54 Å². The van der Waals surface area contributed by atoms with Crippen LogP contribution < -0.4 is 16.0 Å². The second-order valence-electron chi connectivity index (χ2n) is 4.92. The maximum atomic E-state index is 3.49. The normalized spacial score (nSPS) is 36.2. The van der Waals surface area contributed by atoms with Gasteiger partial charge in [-0.05, 0) is 20.8 Å². The van der Waals surface area contributed by atoms with Gasteiger partial charge < -0.3 is 0 Å². The van der Waals surface area contributed by atoms with Gasteiger partial charge in [-0.2, -0.15) is 0 Å². The van der Waals surface area contributed by atoms with Gasteiger partial charge in [0.2, 0.25) is 0 Å². The van der Waals surface area contributed by atoms with Crippen LogP contribution in [0.1, 0.15) is 20.8 Å². The lowest BCUT2D eigenvalue weighted by molar-refractivity contribution is 0.0708. The molecule has 4 heteroatoms. The fourth-order valence-electron chi connectivity index (χ4n) is 1.97. The first-order valence-corrected chi connectivity index (χ1v) is 5.02. The standard InChI is InChI=1S/C9H20N4/c1-9(2,3)13-4-7-8(12-6-13)11-5-10-7/h7-8,10-12H,4-6H2,1-3H3. The zero-order valence-corrected chi connectivity index (χ0v) is 8.72. The Balaban J connectivity index is 1.97. The van der Waals surface area contributed by atoms with Crippen LogP contribution in [0.25, 0.3) is 0 Å². The number of rotatable bonds is 0. The molecule has 0 aliphatic carbocycles. The summed E-state index contributed by atoms with van der Waals surface area (Å²) in [5.41, 5.74) is 0.266. The van der Waals surface area contributed by atoms with Gasteiger partial charge in [0, 0.05) is 31.5 Å². The van der Waals surface area contributed by atoms with E-state index in [9.17, 15) is 0 Å². The zero-order chi connectivity index (χ0) is 9.47. The molecule has 2 heterocycles. The van der Waals surface area contributed by atoms with Crippen molar-refractivity contribution in [2.24, 2.45) is 0 Å². The fourth-order valence-corrected chi connectivity index (χ4v) is 1.97. The lowest BCUT2D eigenvalue weighted by atomic mass is 10.0. The Hall–Kier alpha value is -0.160. The topological polar surface area (TPSA) is 39.3 Å². The van der Waals surface area contributed by atoms with E-state index in [0.717, 1.165) is 19.9 Å². The average Bonchev–Trinajstić information content (AvgIpc) is 2.47. The predicted octanol–water partition coefficient (Wildman–Crippen LogP) is -0.507. The van der Waals surface area contributed by atoms with Crippen LogP contribution in [0, 0.1) is 0 Å². The van der Waals surface area contributed by atoms with Gasteiger partial charge in [0.1, 0.15) is 0 Å². The van der Waals surface area contributed by atoms with E-state index in [1.165, 1.54) is 0 Å². The van der Waals surface area contributed by atoms with E-state index >= 15 is 0 Å². The molecule has 0 aromatic rings. The van der Waals surface area contributed by atoms with Crippen LogP contribution in [-0.4, -0.2) is 42.5 Å². The first-order chi connectivity index (χ1) is 6.07. The highest BCUT2D eigenvalue weighted by molar-refractivity contribution is 4.94. The van der Waals surface area contributed by atoms with Crippen LogP contribution in [0.15, 0.2) is 0 Å². The molecule has 2 saturated heterocycles. The molecule has 0 bridgehead atoms. The molecule has 2 fully saturated rings. The minimum absolute atomic E-state index is 0.266. The van der Waals surface area contributed by atoms with Crippen molar-refractivity contribution in [1.29, 1.82) is 0 Å². The summed E-state index contributed by atoms with van der Waals surface area (Å²) in [6.45, 7) is 9.83. The SMILES string of the molecule is CC(C)(C)N1CNC2NCNC2C1. The monoisotopic (exact) mass is 184 g/mol. The van der Waals surface area contributed by atoms with Crippen LogP contribution in [0.2, 0.25) is 0 Å². The third kappa shape index (κ3) is 1.86. The highest BCUT2D eigenvalue weighted by atomic mass is 15.4. The van der Waals surface area contributed by atoms with Gasteiger partial charge in [-0.1, -0.05) is 0 Å². The van der Waals surface area contributed by atoms with Gasteiger partial charge in [0.05, 0.1) is 6.17 Å². The number of hydrogen-bond donors (Lipinski definition) is 3. The van der Waals surface area contributed by atoms with Crippen molar-refractivity contribution >= 4 is 0 Å². The first kappa shape index (κ1) is 9.40. The van der Waals surface area contributed by atoms with Gasteiger partial charge in [-0.3, -0.25) is 20.9 Å². The second-order valence-corrected chi connectivity index (χ2v) is 4.92. The Labute approximate surface area is 80.1 Å². The molecule has 2 aliphatic rings. The van der Waals surface area contributed by atoms with Crippen LogP contribution in [0.3, 0.4) is 0 Å². The summed E-state index contributed by atoms with van der Waals surface area (Å²) in [6, 6.07) is 0.563. The lowest BCUT2D eigenvalue weighted by Crippen LogP contribution is -2.63. The quantitative estimate of drug-likeness (QED) is 0.474. The average molecular weight is 184 g/mol. The summed E-state index contributed by atoms with van der Waals surface area (Å²) < 4.78 is 0. The molecule has 3 N–H and O–H groups in total. The fraction of sp³-hybridized carbons (Fsp3) is 1.00. The molecule has 76 valence electrons. The zero-order valence-electron chi connectivity index (χ0n) is 8.72. The molecule has 13 heavy (non-hydrogen) atoms. The summed E-state index contributed by atoms with van der Waals surface area (Å²) >= 11 is 0. The van der Waals surface area contributed by atoms with Crippen molar-refractivity contribution in [2.45, 2.75) is 38.5 Å². The predicted molar refractivity (Wildman–Crippen MR) is 53.2 cm³/mol. The Morgan fingerprint density at radius 3 is 2.62 bits per heavy atom. The molecule has 0 aromatic heterocycles. The van der Waals surface area contributed by atoms with Crippen molar-refractivity contribution < 1.29 is 0 Å². The van der Waals surface area contributed by atoms with Crippen molar-refractivity contribution in [3.05, 3.63) is 0 Å². The van der Waals surface area contributed by atoms with Gasteiger partial charge in [-0.15, -0.1) is 0 Å². The number of hydrogen-bond acceptors (Lipinski definition) is 4. The molecular formula is C9H20N4. The highest BCUT2D eigenvalue weighted by Gasteiger charge is 2.35. The van der Waals surface area contributed by atoms with Gasteiger partial charge >= 0.3 is 0 Å². The van der Waals surface area contributed by atoms with Crippen LogP contribution in [-0.2, 0) is 0 Å². The third-order valence-corrected chi connectivity index (χ3v) is 2.96. The Kier molecular flexibility index (Phi) is 2.32. The second kappa shape index (κ2) is 3.20. The van der Waals surface area contributed by atoms with Gasteiger partial charge in [-0.25, -0.2) is 0 Å². The largest absolute Gasteiger partial charge is 0.298 e. The molecule has 0 aromatic carbocycles. The molecule has 4 nitrogen and oxygen atoms in total. The van der Waals surface area contributed by atoms with Gasteiger partial charge in [0.25, 0.3) is 0 Å². The van der Waals surface area contributed by atoms with E-state index in [4.69, 9.17) is 0 Å². The van der Waals surface area contributed by atoms with Crippen LogP contribution in [0.5, 0.6) is 0 Å². The van der Waals surface area contributed by atoms with E-state index in [2.05, 4.69) is 41.6 Å². The van der Waals surface area contributed by atoms with E-state index in [1.54, 1.807) is 0 Å². The third-order valence-electron chi connectivity index (χ3n) is 2.96. The van der Waals surface area contributed by atoms with E-state index in [0.29, 0.717) is 12.2 Å². The van der Waals surface area contributed by atoms with Crippen LogP contribution >= 0.6 is 0 Å². The molecular weight excluding hydrogens is 164 g/mol. The maximum absolute atomic E-state index is 3.49. The first-order valence-electron chi connectivity index (χ1n) is 5.02. The molecule has 2 atom stereocenters. The summed E-state index contributed by atoms with van der Waals surface area (Å²) in [6.07, 6.45) is 0.471. The Morgan fingerprint density at radius 1 is 1.15 bits per heavy atom. The van der Waals surface area contributed by atoms with Crippen LogP contribution in [0.4, 0.5) is 0 Å². The Morgan fingerprint density at radius 2 is 1.92 bits per heavy atom. The molecule has 2 unspecified atom stereocenters. The van der Waals surface area contributed by atoms with Crippen molar-refractivity contribution in [3.63, 3.8) is 0 Å².